The molecule has 0 spiro atoms. The number of aryl methyl sites for hydroxylation is 1. The molecule has 0 fully saturated rings. The smallest absolute Gasteiger partial charge is 0.326 e. The summed E-state index contributed by atoms with van der Waals surface area (Å²) in [5, 5.41) is 23.2. The molecule has 0 bridgehead atoms. The average molecular weight is 596 g/mol. The van der Waals surface area contributed by atoms with Gasteiger partial charge in [-0.05, 0) is 65.6 Å². The lowest BCUT2D eigenvalue weighted by Crippen LogP contribution is -2.41. The highest BCUT2D eigenvalue weighted by molar-refractivity contribution is 6.40. The molecule has 0 saturated heterocycles. The van der Waals surface area contributed by atoms with Gasteiger partial charge < -0.3 is 21.5 Å². The molecule has 3 aromatic rings. The molecular formula is C31H32Cl2N4O4. The lowest BCUT2D eigenvalue weighted by Gasteiger charge is -2.27. The van der Waals surface area contributed by atoms with Crippen LogP contribution < -0.4 is 16.4 Å². The number of carboxylic acids is 1. The molecule has 0 radical (unpaired) electrons. The van der Waals surface area contributed by atoms with Gasteiger partial charge in [0.15, 0.2) is 0 Å². The van der Waals surface area contributed by atoms with Crippen LogP contribution in [0.5, 0.6) is 0 Å². The van der Waals surface area contributed by atoms with E-state index in [-0.39, 0.29) is 52.7 Å². The summed E-state index contributed by atoms with van der Waals surface area (Å²) in [6.45, 7) is 0.0694. The minimum Gasteiger partial charge on any atom is -0.480 e. The zero-order chi connectivity index (χ0) is 29.5. The van der Waals surface area contributed by atoms with Gasteiger partial charge in [-0.2, -0.15) is 0 Å². The van der Waals surface area contributed by atoms with E-state index in [1.54, 1.807) is 12.1 Å². The van der Waals surface area contributed by atoms with E-state index in [1.165, 1.54) is 5.56 Å². The summed E-state index contributed by atoms with van der Waals surface area (Å²) >= 11 is 12.8. The number of rotatable bonds is 12. The normalized spacial score (nSPS) is 15.0. The van der Waals surface area contributed by atoms with Crippen molar-refractivity contribution in [3.8, 4) is 11.1 Å². The van der Waals surface area contributed by atoms with Gasteiger partial charge in [0.25, 0.3) is 5.91 Å². The molecule has 0 heterocycles. The maximum absolute atomic E-state index is 13.0. The van der Waals surface area contributed by atoms with Crippen LogP contribution in [0.4, 0.5) is 0 Å². The fourth-order valence-corrected chi connectivity index (χ4v) is 5.76. The molecule has 41 heavy (non-hydrogen) atoms. The summed E-state index contributed by atoms with van der Waals surface area (Å²) < 4.78 is 0. The van der Waals surface area contributed by atoms with E-state index in [2.05, 4.69) is 16.7 Å². The van der Waals surface area contributed by atoms with Gasteiger partial charge in [0.05, 0.1) is 28.0 Å². The molecule has 2 atom stereocenters. The van der Waals surface area contributed by atoms with Gasteiger partial charge in [-0.15, -0.1) is 0 Å². The number of carbonyl (C=O) groups is 3. The van der Waals surface area contributed by atoms with E-state index in [4.69, 9.17) is 34.3 Å². The number of nitrogens with two attached hydrogens (primary N) is 1. The first-order valence-corrected chi connectivity index (χ1v) is 14.2. The van der Waals surface area contributed by atoms with Gasteiger partial charge in [0, 0.05) is 18.9 Å². The molecule has 0 saturated carbocycles. The highest BCUT2D eigenvalue weighted by Gasteiger charge is 2.26. The Labute approximate surface area is 248 Å². The van der Waals surface area contributed by atoms with Crippen LogP contribution in [0.1, 0.15) is 58.8 Å². The Balaban J connectivity index is 1.35. The van der Waals surface area contributed by atoms with Crippen LogP contribution in [0, 0.1) is 5.41 Å². The number of Topliss-reactive ketones (excluding diaryl/α,β-unsaturated/α-hetero) is 1. The summed E-state index contributed by atoms with van der Waals surface area (Å²) in [4.78, 5) is 37.6. The number of ketones is 1. The second kappa shape index (κ2) is 13.8. The molecule has 10 heteroatoms. The van der Waals surface area contributed by atoms with Gasteiger partial charge in [-0.25, -0.2) is 4.79 Å². The van der Waals surface area contributed by atoms with Gasteiger partial charge in [-0.1, -0.05) is 71.7 Å². The van der Waals surface area contributed by atoms with Gasteiger partial charge >= 0.3 is 5.97 Å². The van der Waals surface area contributed by atoms with Crippen molar-refractivity contribution in [2.45, 2.75) is 50.6 Å². The maximum Gasteiger partial charge on any atom is 0.326 e. The Morgan fingerprint density at radius 1 is 1.02 bits per heavy atom. The standard InChI is InChI=1S/C31H32Cl2N4O4/c32-24-15-21(19-5-2-1-3-6-19)16-25(33)29(24)30(39)37-27(31(40)41)12-11-22(38)17-36-26-8-4-7-20-10-9-18(13-23(20)26)14-28(34)35/h1-3,5-6,9-10,13,15-16,26-27,36H,4,7-8,11-12,14,17H2,(H3,34,35)(H,37,39)(H,40,41)/t26?,27-/m0/s1. The Bertz CT molecular complexity index is 1440. The van der Waals surface area contributed by atoms with Gasteiger partial charge in [0.2, 0.25) is 0 Å². The largest absolute Gasteiger partial charge is 0.480 e. The third-order valence-corrected chi connectivity index (χ3v) is 7.75. The second-order valence-electron chi connectivity index (χ2n) is 10.2. The van der Waals surface area contributed by atoms with E-state index in [0.29, 0.717) is 6.42 Å². The number of halogens is 2. The number of hydrogen-bond donors (Lipinski definition) is 5. The first kappa shape index (κ1) is 30.2. The number of carboxylic acid groups (broad SMARTS) is 1. The van der Waals surface area contributed by atoms with Crippen molar-refractivity contribution < 1.29 is 19.5 Å². The zero-order valence-electron chi connectivity index (χ0n) is 22.4. The Hall–Kier alpha value is -3.72. The average Bonchev–Trinajstić information content (AvgIpc) is 2.93. The third kappa shape index (κ3) is 7.94. The van der Waals surface area contributed by atoms with Crippen LogP contribution in [0.3, 0.4) is 0 Å². The van der Waals surface area contributed by atoms with Crippen LogP contribution >= 0.6 is 23.2 Å². The fraction of sp³-hybridized carbons (Fsp3) is 0.290. The number of nitrogens with one attached hydrogen (secondary N) is 3. The van der Waals surface area contributed by atoms with Crippen LogP contribution in [0.15, 0.2) is 60.7 Å². The van der Waals surface area contributed by atoms with E-state index in [0.717, 1.165) is 41.5 Å². The number of carbonyl (C=O) groups excluding carboxylic acids is 2. The molecule has 1 aliphatic carbocycles. The van der Waals surface area contributed by atoms with Crippen LogP contribution in [-0.4, -0.2) is 41.2 Å². The first-order valence-electron chi connectivity index (χ1n) is 13.4. The molecular weight excluding hydrogens is 563 g/mol. The first-order chi connectivity index (χ1) is 19.6. The number of amides is 1. The number of amidine groups is 1. The lowest BCUT2D eigenvalue weighted by molar-refractivity contribution is -0.139. The van der Waals surface area contributed by atoms with Crippen molar-refractivity contribution >= 4 is 46.7 Å². The maximum atomic E-state index is 13.0. The Morgan fingerprint density at radius 3 is 2.39 bits per heavy atom. The van der Waals surface area contributed by atoms with Crippen molar-refractivity contribution in [1.82, 2.24) is 10.6 Å². The monoisotopic (exact) mass is 594 g/mol. The third-order valence-electron chi connectivity index (χ3n) is 7.16. The molecule has 0 aliphatic heterocycles. The fourth-order valence-electron chi connectivity index (χ4n) is 5.10. The van der Waals surface area contributed by atoms with Crippen molar-refractivity contribution in [3.63, 3.8) is 0 Å². The summed E-state index contributed by atoms with van der Waals surface area (Å²) in [5.74, 6) is -2.06. The van der Waals surface area contributed by atoms with E-state index in [9.17, 15) is 19.5 Å². The number of hydrogen-bond acceptors (Lipinski definition) is 5. The summed E-state index contributed by atoms with van der Waals surface area (Å²) in [6.07, 6.45) is 3.04. The molecule has 214 valence electrons. The van der Waals surface area contributed by atoms with Crippen molar-refractivity contribution in [3.05, 3.63) is 93.0 Å². The molecule has 6 N–H and O–H groups in total. The molecule has 1 unspecified atom stereocenters. The number of benzene rings is 3. The number of fused-ring (bicyclic) bond motifs is 1. The molecule has 1 amide bonds. The molecule has 4 rings (SSSR count). The predicted molar refractivity (Wildman–Crippen MR) is 161 cm³/mol. The summed E-state index contributed by atoms with van der Waals surface area (Å²) in [7, 11) is 0. The van der Waals surface area contributed by atoms with Crippen molar-refractivity contribution in [2.75, 3.05) is 6.54 Å². The summed E-state index contributed by atoms with van der Waals surface area (Å²) in [5.41, 5.74) is 10.4. The molecule has 3 aromatic carbocycles. The van der Waals surface area contributed by atoms with E-state index in [1.807, 2.05) is 42.5 Å². The zero-order valence-corrected chi connectivity index (χ0v) is 23.9. The highest BCUT2D eigenvalue weighted by atomic mass is 35.5. The van der Waals surface area contributed by atoms with Crippen LogP contribution in [0.2, 0.25) is 10.0 Å². The van der Waals surface area contributed by atoms with Crippen molar-refractivity contribution in [1.29, 1.82) is 5.41 Å². The van der Waals surface area contributed by atoms with Gasteiger partial charge in [-0.3, -0.25) is 15.0 Å². The van der Waals surface area contributed by atoms with Crippen LogP contribution in [0.25, 0.3) is 11.1 Å². The summed E-state index contributed by atoms with van der Waals surface area (Å²) in [6, 6.07) is 17.3. The minimum atomic E-state index is -1.29. The van der Waals surface area contributed by atoms with Crippen molar-refractivity contribution in [2.24, 2.45) is 5.73 Å². The van der Waals surface area contributed by atoms with E-state index < -0.39 is 17.9 Å². The highest BCUT2D eigenvalue weighted by Crippen LogP contribution is 2.32. The Morgan fingerprint density at radius 2 is 1.73 bits per heavy atom. The lowest BCUT2D eigenvalue weighted by atomic mass is 9.86. The molecule has 1 aliphatic rings. The molecule has 8 nitrogen and oxygen atoms in total. The molecule has 0 aromatic heterocycles. The SMILES string of the molecule is N=C(N)Cc1ccc2c(c1)C(NCC(=O)CC[C@H](NC(=O)c1c(Cl)cc(-c3ccccc3)cc1Cl)C(=O)O)CCC2. The van der Waals surface area contributed by atoms with Gasteiger partial charge in [0.1, 0.15) is 11.8 Å². The van der Waals surface area contributed by atoms with E-state index >= 15 is 0 Å². The predicted octanol–water partition coefficient (Wildman–Crippen LogP) is 5.34. The quantitative estimate of drug-likeness (QED) is 0.141. The topological polar surface area (TPSA) is 145 Å². The second-order valence-corrected chi connectivity index (χ2v) is 11.0. The van der Waals surface area contributed by atoms with Crippen LogP contribution in [-0.2, 0) is 22.4 Å². The minimum absolute atomic E-state index is 0.0206. The number of aliphatic carboxylic acids is 1. The Kier molecular flexibility index (Phi) is 10.2.